The molecule has 16 heavy (non-hydrogen) atoms. The molecule has 1 heteroatoms. The second-order valence-electron chi connectivity index (χ2n) is 6.13. The summed E-state index contributed by atoms with van der Waals surface area (Å²) in [4.78, 5) is 0. The van der Waals surface area contributed by atoms with Crippen molar-refractivity contribution in [1.82, 2.24) is 0 Å². The second-order valence-corrected chi connectivity index (χ2v) is 6.13. The molecule has 0 bridgehead atoms. The molecule has 1 saturated heterocycles. The molecule has 1 aliphatic heterocycles. The Kier molecular flexibility index (Phi) is 3.75. The molecule has 0 spiro atoms. The summed E-state index contributed by atoms with van der Waals surface area (Å²) < 4.78 is 27.4. The molecule has 0 N–H and O–H groups in total. The van der Waals surface area contributed by atoms with Crippen LogP contribution in [0, 0.1) is 11.8 Å². The van der Waals surface area contributed by atoms with E-state index in [4.69, 9.17) is 8.85 Å². The van der Waals surface area contributed by atoms with Crippen molar-refractivity contribution in [3.8, 4) is 0 Å². The van der Waals surface area contributed by atoms with Crippen LogP contribution < -0.4 is 0 Å². The van der Waals surface area contributed by atoms with Crippen molar-refractivity contribution in [2.45, 2.75) is 84.8 Å². The highest BCUT2D eigenvalue weighted by Gasteiger charge is 2.46. The van der Waals surface area contributed by atoms with Gasteiger partial charge in [-0.1, -0.05) is 46.4 Å². The Morgan fingerprint density at radius 1 is 1.19 bits per heavy atom. The molecule has 0 saturated carbocycles. The van der Waals surface area contributed by atoms with E-state index in [2.05, 4.69) is 27.7 Å². The predicted molar refractivity (Wildman–Crippen MR) is 70.7 cm³/mol. The number of epoxide rings is 1. The first-order chi connectivity index (χ1) is 8.60. The summed E-state index contributed by atoms with van der Waals surface area (Å²) in [5.74, 6) is 1.03. The first kappa shape index (κ1) is 9.94. The molecule has 3 atom stereocenters. The molecule has 96 valence electrons. The highest BCUT2D eigenvalue weighted by Crippen LogP contribution is 2.39. The van der Waals surface area contributed by atoms with Gasteiger partial charge in [-0.05, 0) is 38.5 Å². The highest BCUT2D eigenvalue weighted by atomic mass is 16.6. The molecule has 1 aliphatic rings. The van der Waals surface area contributed by atoms with Gasteiger partial charge in [0.25, 0.3) is 0 Å². The minimum Gasteiger partial charge on any atom is -0.367 e. The van der Waals surface area contributed by atoms with Crippen LogP contribution in [0.25, 0.3) is 0 Å². The molecule has 0 radical (unpaired) electrons. The van der Waals surface area contributed by atoms with E-state index in [1.165, 1.54) is 19.3 Å². The summed E-state index contributed by atoms with van der Waals surface area (Å²) in [5, 5.41) is 0. The number of ether oxygens (including phenoxy) is 1. The smallest absolute Gasteiger partial charge is 0.0892 e. The van der Waals surface area contributed by atoms with Gasteiger partial charge >= 0.3 is 0 Å². The molecule has 0 aromatic heterocycles. The fourth-order valence-corrected chi connectivity index (χ4v) is 2.24. The molecule has 0 aromatic carbocycles. The largest absolute Gasteiger partial charge is 0.367 e. The third kappa shape index (κ3) is 4.86. The van der Waals surface area contributed by atoms with Gasteiger partial charge < -0.3 is 4.74 Å². The minimum atomic E-state index is -1.76. The molecular weight excluding hydrogens is 196 g/mol. The van der Waals surface area contributed by atoms with Gasteiger partial charge in [-0.15, -0.1) is 0 Å². The topological polar surface area (TPSA) is 12.5 Å². The maximum Gasteiger partial charge on any atom is 0.0892 e. The van der Waals surface area contributed by atoms with Crippen LogP contribution in [0.5, 0.6) is 0 Å². The van der Waals surface area contributed by atoms with Crippen molar-refractivity contribution in [2.24, 2.45) is 11.8 Å². The highest BCUT2D eigenvalue weighted by molar-refractivity contribution is 4.94. The Hall–Kier alpha value is -0.0400. The molecule has 0 amide bonds. The number of hydrogen-bond acceptors (Lipinski definition) is 1. The predicted octanol–water partition coefficient (Wildman–Crippen LogP) is 4.80. The van der Waals surface area contributed by atoms with Crippen molar-refractivity contribution in [3.63, 3.8) is 0 Å². The van der Waals surface area contributed by atoms with E-state index < -0.39 is 6.85 Å². The zero-order chi connectivity index (χ0) is 14.7. The van der Waals surface area contributed by atoms with Crippen molar-refractivity contribution >= 4 is 0 Å². The molecule has 1 nitrogen and oxygen atoms in total. The van der Waals surface area contributed by atoms with Gasteiger partial charge in [-0.3, -0.25) is 0 Å². The lowest BCUT2D eigenvalue weighted by Gasteiger charge is -2.12. The maximum absolute atomic E-state index is 7.26. The molecule has 1 fully saturated rings. The monoisotopic (exact) mass is 229 g/mol. The third-order valence-electron chi connectivity index (χ3n) is 3.83. The van der Waals surface area contributed by atoms with Crippen molar-refractivity contribution < 1.29 is 8.85 Å². The van der Waals surface area contributed by atoms with Gasteiger partial charge in [0.1, 0.15) is 0 Å². The van der Waals surface area contributed by atoms with E-state index in [0.29, 0.717) is 18.4 Å². The lowest BCUT2D eigenvalue weighted by atomic mass is 9.93. The van der Waals surface area contributed by atoms with Crippen LogP contribution in [-0.4, -0.2) is 11.7 Å². The van der Waals surface area contributed by atoms with Crippen LogP contribution in [0.15, 0.2) is 0 Å². The second kappa shape index (κ2) is 6.05. The van der Waals surface area contributed by atoms with Gasteiger partial charge in [-0.25, -0.2) is 0 Å². The van der Waals surface area contributed by atoms with E-state index in [0.717, 1.165) is 18.8 Å². The lowest BCUT2D eigenvalue weighted by Crippen LogP contribution is -2.05. The van der Waals surface area contributed by atoms with Crippen LogP contribution in [0.1, 0.15) is 77.2 Å². The Bertz CT molecular complexity index is 273. The standard InChI is InChI=1S/C15H30O/c1-6-12(2)8-7-9-13(3)10-11-14-15(4,5)16-14/h12-14H,6-11H2,1-5H3/i1D3. The van der Waals surface area contributed by atoms with Crippen LogP contribution in [-0.2, 0) is 4.74 Å². The summed E-state index contributed by atoms with van der Waals surface area (Å²) in [6.45, 7) is 6.89. The van der Waals surface area contributed by atoms with Crippen LogP contribution in [0.3, 0.4) is 0 Å². The first-order valence-corrected chi connectivity index (χ1v) is 6.78. The Labute approximate surface area is 106 Å². The summed E-state index contributed by atoms with van der Waals surface area (Å²) >= 11 is 0. The normalized spacial score (nSPS) is 30.0. The minimum absolute atomic E-state index is 0.119. The summed E-state index contributed by atoms with van der Waals surface area (Å²) in [5.41, 5.74) is 0.119. The number of rotatable bonds is 8. The van der Waals surface area contributed by atoms with Crippen LogP contribution in [0.4, 0.5) is 0 Å². The Morgan fingerprint density at radius 3 is 2.38 bits per heavy atom. The third-order valence-corrected chi connectivity index (χ3v) is 3.83. The zero-order valence-electron chi connectivity index (χ0n) is 14.4. The fraction of sp³-hybridized carbons (Fsp3) is 1.00. The Balaban J connectivity index is 2.02. The lowest BCUT2D eigenvalue weighted by molar-refractivity contribution is 0.311. The summed E-state index contributed by atoms with van der Waals surface area (Å²) in [7, 11) is 0. The van der Waals surface area contributed by atoms with Gasteiger partial charge in [0, 0.05) is 4.11 Å². The van der Waals surface area contributed by atoms with Crippen molar-refractivity contribution in [2.75, 3.05) is 0 Å². The SMILES string of the molecule is [2H]C([2H])([2H])CC(C)CCCC(C)CCC1OC1(C)C. The average Bonchev–Trinajstić information content (AvgIpc) is 2.81. The summed E-state index contributed by atoms with van der Waals surface area (Å²) in [6.07, 6.45) is 6.59. The van der Waals surface area contributed by atoms with Crippen LogP contribution in [0.2, 0.25) is 0 Å². The quantitative estimate of drug-likeness (QED) is 0.545. The molecule has 1 heterocycles. The van der Waals surface area contributed by atoms with Gasteiger partial charge in [0.15, 0.2) is 0 Å². The fourth-order valence-electron chi connectivity index (χ4n) is 2.24. The van der Waals surface area contributed by atoms with E-state index in [1.54, 1.807) is 0 Å². The maximum atomic E-state index is 7.26. The van der Waals surface area contributed by atoms with Crippen molar-refractivity contribution in [1.29, 1.82) is 0 Å². The van der Waals surface area contributed by atoms with E-state index in [1.807, 2.05) is 0 Å². The van der Waals surface area contributed by atoms with E-state index >= 15 is 0 Å². The van der Waals surface area contributed by atoms with Crippen LogP contribution >= 0.6 is 0 Å². The van der Waals surface area contributed by atoms with Gasteiger partial charge in [-0.2, -0.15) is 0 Å². The van der Waals surface area contributed by atoms with Crippen molar-refractivity contribution in [3.05, 3.63) is 0 Å². The first-order valence-electron chi connectivity index (χ1n) is 8.28. The average molecular weight is 229 g/mol. The van der Waals surface area contributed by atoms with E-state index in [9.17, 15) is 0 Å². The zero-order valence-corrected chi connectivity index (χ0v) is 11.4. The number of hydrogen-bond donors (Lipinski definition) is 0. The molecular formula is C15H30O. The Morgan fingerprint density at radius 2 is 1.81 bits per heavy atom. The molecule has 1 rings (SSSR count). The van der Waals surface area contributed by atoms with E-state index in [-0.39, 0.29) is 5.60 Å². The van der Waals surface area contributed by atoms with Gasteiger partial charge in [0.2, 0.25) is 0 Å². The summed E-state index contributed by atoms with van der Waals surface area (Å²) in [6, 6.07) is 0. The molecule has 0 aliphatic carbocycles. The molecule has 0 aromatic rings. The molecule has 3 unspecified atom stereocenters. The van der Waals surface area contributed by atoms with Gasteiger partial charge in [0.05, 0.1) is 11.7 Å².